The Labute approximate surface area is 107 Å². The van der Waals surface area contributed by atoms with Crippen molar-refractivity contribution in [2.24, 2.45) is 5.92 Å². The van der Waals surface area contributed by atoms with Crippen molar-refractivity contribution in [3.05, 3.63) is 0 Å². The zero-order chi connectivity index (χ0) is 12.1. The van der Waals surface area contributed by atoms with E-state index in [4.69, 9.17) is 0 Å². The molecule has 1 saturated heterocycles. The van der Waals surface area contributed by atoms with Gasteiger partial charge >= 0.3 is 0 Å². The van der Waals surface area contributed by atoms with E-state index < -0.39 is 0 Å². The molecule has 3 unspecified atom stereocenters. The van der Waals surface area contributed by atoms with Crippen LogP contribution in [0.4, 0.5) is 0 Å². The summed E-state index contributed by atoms with van der Waals surface area (Å²) < 4.78 is 0. The molecule has 0 radical (unpaired) electrons. The quantitative estimate of drug-likeness (QED) is 0.810. The van der Waals surface area contributed by atoms with Crippen LogP contribution in [-0.2, 0) is 0 Å². The molecule has 1 aliphatic heterocycles. The molecule has 1 aliphatic carbocycles. The summed E-state index contributed by atoms with van der Waals surface area (Å²) in [4.78, 5) is 2.79. The molecule has 2 aliphatic rings. The second-order valence-corrected chi connectivity index (χ2v) is 6.19. The van der Waals surface area contributed by atoms with E-state index in [1.165, 1.54) is 64.6 Å². The lowest BCUT2D eigenvalue weighted by Gasteiger charge is -2.27. The zero-order valence-electron chi connectivity index (χ0n) is 11.8. The molecular weight excluding hydrogens is 208 g/mol. The van der Waals surface area contributed by atoms with Gasteiger partial charge in [0.1, 0.15) is 0 Å². The molecule has 2 fully saturated rings. The fraction of sp³-hybridized carbons (Fsp3) is 1.00. The highest BCUT2D eigenvalue weighted by Gasteiger charge is 2.29. The van der Waals surface area contributed by atoms with E-state index in [9.17, 15) is 0 Å². The molecule has 0 aromatic heterocycles. The highest BCUT2D eigenvalue weighted by atomic mass is 15.2. The van der Waals surface area contributed by atoms with Crippen LogP contribution in [-0.4, -0.2) is 36.6 Å². The van der Waals surface area contributed by atoms with Crippen LogP contribution in [0.3, 0.4) is 0 Å². The molecule has 0 amide bonds. The fourth-order valence-electron chi connectivity index (χ4n) is 3.47. The Morgan fingerprint density at radius 1 is 1.12 bits per heavy atom. The summed E-state index contributed by atoms with van der Waals surface area (Å²) in [6, 6.07) is 1.69. The van der Waals surface area contributed by atoms with Crippen LogP contribution < -0.4 is 5.32 Å². The van der Waals surface area contributed by atoms with Gasteiger partial charge in [-0.15, -0.1) is 0 Å². The largest absolute Gasteiger partial charge is 0.314 e. The van der Waals surface area contributed by atoms with Crippen LogP contribution >= 0.6 is 0 Å². The van der Waals surface area contributed by atoms with Crippen molar-refractivity contribution < 1.29 is 0 Å². The Bertz CT molecular complexity index is 217. The van der Waals surface area contributed by atoms with Gasteiger partial charge in [0.15, 0.2) is 0 Å². The summed E-state index contributed by atoms with van der Waals surface area (Å²) in [5.41, 5.74) is 0. The lowest BCUT2D eigenvalue weighted by atomic mass is 10.0. The second kappa shape index (κ2) is 6.75. The van der Waals surface area contributed by atoms with Gasteiger partial charge in [0.2, 0.25) is 0 Å². The molecule has 17 heavy (non-hydrogen) atoms. The predicted molar refractivity (Wildman–Crippen MR) is 74.3 cm³/mol. The zero-order valence-corrected chi connectivity index (χ0v) is 11.8. The van der Waals surface area contributed by atoms with Gasteiger partial charge in [-0.05, 0) is 70.5 Å². The highest BCUT2D eigenvalue weighted by Crippen LogP contribution is 2.27. The first kappa shape index (κ1) is 13.4. The molecule has 1 saturated carbocycles. The van der Waals surface area contributed by atoms with Gasteiger partial charge < -0.3 is 10.2 Å². The van der Waals surface area contributed by atoms with Crippen LogP contribution in [0.15, 0.2) is 0 Å². The second-order valence-electron chi connectivity index (χ2n) is 6.19. The van der Waals surface area contributed by atoms with E-state index in [1.807, 2.05) is 0 Å². The van der Waals surface area contributed by atoms with Crippen molar-refractivity contribution in [1.82, 2.24) is 10.2 Å². The van der Waals surface area contributed by atoms with E-state index in [0.29, 0.717) is 0 Å². The average molecular weight is 238 g/mol. The Hall–Kier alpha value is -0.0800. The Balaban J connectivity index is 1.75. The smallest absolute Gasteiger partial charge is 0.0111 e. The number of nitrogens with zero attached hydrogens (tertiary/aromatic N) is 1. The van der Waals surface area contributed by atoms with Crippen LogP contribution in [0.1, 0.15) is 58.8 Å². The highest BCUT2D eigenvalue weighted by molar-refractivity contribution is 4.87. The molecule has 2 rings (SSSR count). The molecule has 0 aromatic rings. The van der Waals surface area contributed by atoms with E-state index in [0.717, 1.165) is 18.0 Å². The number of likely N-dealkylation sites (tertiary alicyclic amines) is 1. The van der Waals surface area contributed by atoms with Gasteiger partial charge in [-0.3, -0.25) is 0 Å². The topological polar surface area (TPSA) is 15.3 Å². The first-order valence-electron chi connectivity index (χ1n) is 7.77. The third-order valence-corrected chi connectivity index (χ3v) is 4.66. The summed E-state index contributed by atoms with van der Waals surface area (Å²) >= 11 is 0. The molecular formula is C15H30N2. The summed E-state index contributed by atoms with van der Waals surface area (Å²) in [6.07, 6.45) is 9.78. The number of hydrogen-bond acceptors (Lipinski definition) is 2. The maximum atomic E-state index is 3.70. The summed E-state index contributed by atoms with van der Waals surface area (Å²) in [7, 11) is 0. The third kappa shape index (κ3) is 3.96. The van der Waals surface area contributed by atoms with Gasteiger partial charge in [-0.1, -0.05) is 13.8 Å². The van der Waals surface area contributed by atoms with Gasteiger partial charge in [0.05, 0.1) is 0 Å². The molecule has 0 aromatic carbocycles. The Morgan fingerprint density at radius 3 is 2.82 bits per heavy atom. The van der Waals surface area contributed by atoms with E-state index in [-0.39, 0.29) is 0 Å². The van der Waals surface area contributed by atoms with Crippen molar-refractivity contribution in [1.29, 1.82) is 0 Å². The molecule has 2 nitrogen and oxygen atoms in total. The van der Waals surface area contributed by atoms with Crippen LogP contribution in [0.5, 0.6) is 0 Å². The number of nitrogens with one attached hydrogen (secondary N) is 1. The van der Waals surface area contributed by atoms with Crippen molar-refractivity contribution >= 4 is 0 Å². The van der Waals surface area contributed by atoms with Gasteiger partial charge in [0, 0.05) is 12.1 Å². The van der Waals surface area contributed by atoms with E-state index in [2.05, 4.69) is 24.1 Å². The lowest BCUT2D eigenvalue weighted by molar-refractivity contribution is 0.201. The maximum absolute atomic E-state index is 3.70. The van der Waals surface area contributed by atoms with Crippen molar-refractivity contribution in [2.75, 3.05) is 19.6 Å². The number of rotatable bonds is 4. The van der Waals surface area contributed by atoms with Crippen molar-refractivity contribution in [2.45, 2.75) is 70.9 Å². The van der Waals surface area contributed by atoms with E-state index in [1.54, 1.807) is 0 Å². The minimum Gasteiger partial charge on any atom is -0.314 e. The van der Waals surface area contributed by atoms with Gasteiger partial charge in [-0.2, -0.15) is 0 Å². The monoisotopic (exact) mass is 238 g/mol. The van der Waals surface area contributed by atoms with E-state index >= 15 is 0 Å². The van der Waals surface area contributed by atoms with Gasteiger partial charge in [-0.25, -0.2) is 0 Å². The summed E-state index contributed by atoms with van der Waals surface area (Å²) in [5, 5.41) is 3.70. The predicted octanol–water partition coefficient (Wildman–Crippen LogP) is 3.03. The Morgan fingerprint density at radius 2 is 2.00 bits per heavy atom. The Kier molecular flexibility index (Phi) is 5.30. The van der Waals surface area contributed by atoms with Gasteiger partial charge in [0.25, 0.3) is 0 Å². The van der Waals surface area contributed by atoms with Crippen LogP contribution in [0.25, 0.3) is 0 Å². The fourth-order valence-corrected chi connectivity index (χ4v) is 3.47. The first-order chi connectivity index (χ1) is 8.29. The minimum atomic E-state index is 0.806. The van der Waals surface area contributed by atoms with Crippen molar-refractivity contribution in [3.8, 4) is 0 Å². The molecule has 1 N–H and O–H groups in total. The molecule has 2 heteroatoms. The van der Waals surface area contributed by atoms with Crippen LogP contribution in [0, 0.1) is 5.92 Å². The molecule has 1 heterocycles. The summed E-state index contributed by atoms with van der Waals surface area (Å²) in [5.74, 6) is 0.954. The minimum absolute atomic E-state index is 0.806. The SMILES string of the molecule is CCCNC1CCC(N2CCCC(C)CC2)C1. The maximum Gasteiger partial charge on any atom is 0.0111 e. The molecule has 0 spiro atoms. The number of hydrogen-bond donors (Lipinski definition) is 1. The first-order valence-corrected chi connectivity index (χ1v) is 7.77. The molecule has 0 bridgehead atoms. The lowest BCUT2D eigenvalue weighted by Crippen LogP contribution is -2.36. The normalized spacial score (nSPS) is 36.0. The van der Waals surface area contributed by atoms with Crippen molar-refractivity contribution in [3.63, 3.8) is 0 Å². The average Bonchev–Trinajstić information content (AvgIpc) is 2.69. The molecule has 3 atom stereocenters. The summed E-state index contributed by atoms with van der Waals surface area (Å²) in [6.45, 7) is 8.59. The standard InChI is InChI=1S/C15H30N2/c1-3-9-16-14-6-7-15(12-14)17-10-4-5-13(2)8-11-17/h13-16H,3-12H2,1-2H3. The third-order valence-electron chi connectivity index (χ3n) is 4.66. The van der Waals surface area contributed by atoms with Crippen LogP contribution in [0.2, 0.25) is 0 Å². The molecule has 100 valence electrons.